The van der Waals surface area contributed by atoms with Gasteiger partial charge in [0.05, 0.1) is 11.3 Å². The van der Waals surface area contributed by atoms with Crippen molar-refractivity contribution in [2.75, 3.05) is 17.3 Å². The number of para-hydroxylation sites is 2. The molecule has 0 radical (unpaired) electrons. The second-order valence-electron chi connectivity index (χ2n) is 5.31. The summed E-state index contributed by atoms with van der Waals surface area (Å²) in [7, 11) is 1.60. The van der Waals surface area contributed by atoms with Gasteiger partial charge in [0.2, 0.25) is 0 Å². The summed E-state index contributed by atoms with van der Waals surface area (Å²) in [5.41, 5.74) is 1.58. The van der Waals surface area contributed by atoms with E-state index in [-0.39, 0.29) is 17.6 Å². The first kappa shape index (κ1) is 17.0. The number of hydrogen-bond acceptors (Lipinski definition) is 3. The number of nitrogens with one attached hydrogen (secondary N) is 1. The molecule has 0 unspecified atom stereocenters. The highest BCUT2D eigenvalue weighted by Crippen LogP contribution is 2.24. The maximum absolute atomic E-state index is 12.6. The molecule has 25 heavy (non-hydrogen) atoms. The van der Waals surface area contributed by atoms with Gasteiger partial charge in [-0.3, -0.25) is 9.59 Å². The topological polar surface area (TPSA) is 62.6 Å². The van der Waals surface area contributed by atoms with Gasteiger partial charge in [0.15, 0.2) is 10.4 Å². The molecule has 0 fully saturated rings. The lowest BCUT2D eigenvalue weighted by Crippen LogP contribution is -2.28. The molecule has 0 saturated heterocycles. The Morgan fingerprint density at radius 2 is 1.64 bits per heavy atom. The van der Waals surface area contributed by atoms with Crippen LogP contribution in [0.4, 0.5) is 11.4 Å². The van der Waals surface area contributed by atoms with Crippen LogP contribution in [0.5, 0.6) is 0 Å². The Labute approximate surface area is 153 Å². The predicted molar refractivity (Wildman–Crippen MR) is 100.0 cm³/mol. The second-order valence-corrected chi connectivity index (χ2v) is 6.09. The Hall–Kier alpha value is -2.86. The third-order valence-electron chi connectivity index (χ3n) is 3.63. The lowest BCUT2D eigenvalue weighted by Gasteiger charge is -2.19. The molecule has 2 amide bonds. The molecule has 1 heterocycles. The number of carbonyl (C=O) groups is 2. The van der Waals surface area contributed by atoms with Crippen LogP contribution in [0.1, 0.15) is 20.9 Å². The first-order valence-electron chi connectivity index (χ1n) is 7.55. The van der Waals surface area contributed by atoms with E-state index in [1.165, 1.54) is 4.90 Å². The van der Waals surface area contributed by atoms with Gasteiger partial charge in [-0.05, 0) is 52.3 Å². The van der Waals surface area contributed by atoms with Crippen LogP contribution in [-0.2, 0) is 0 Å². The van der Waals surface area contributed by atoms with Gasteiger partial charge in [0.25, 0.3) is 11.8 Å². The first-order chi connectivity index (χ1) is 12.1. The summed E-state index contributed by atoms with van der Waals surface area (Å²) in [6, 6.07) is 19.3. The number of rotatable bonds is 4. The molecule has 0 spiro atoms. The molecule has 0 bridgehead atoms. The Morgan fingerprint density at radius 1 is 0.960 bits per heavy atom. The molecular weight excluding hydrogens is 384 g/mol. The van der Waals surface area contributed by atoms with Crippen molar-refractivity contribution < 1.29 is 14.0 Å². The molecule has 3 rings (SSSR count). The van der Waals surface area contributed by atoms with Crippen LogP contribution in [0.25, 0.3) is 0 Å². The van der Waals surface area contributed by atoms with Gasteiger partial charge in [-0.15, -0.1) is 0 Å². The molecule has 0 aliphatic rings. The minimum atomic E-state index is -0.342. The molecule has 3 aromatic rings. The normalized spacial score (nSPS) is 10.3. The summed E-state index contributed by atoms with van der Waals surface area (Å²) in [6.45, 7) is 0. The number of amides is 2. The summed E-state index contributed by atoms with van der Waals surface area (Å²) < 4.78 is 5.78. The number of nitrogens with zero attached hydrogens (tertiary/aromatic N) is 1. The van der Waals surface area contributed by atoms with Crippen molar-refractivity contribution in [3.8, 4) is 0 Å². The summed E-state index contributed by atoms with van der Waals surface area (Å²) in [5.74, 6) is -0.444. The lowest BCUT2D eigenvalue weighted by molar-refractivity contribution is 0.0965. The van der Waals surface area contributed by atoms with Crippen LogP contribution in [0, 0.1) is 0 Å². The fourth-order valence-corrected chi connectivity index (χ4v) is 2.69. The van der Waals surface area contributed by atoms with Crippen molar-refractivity contribution in [1.29, 1.82) is 0 Å². The third kappa shape index (κ3) is 3.80. The summed E-state index contributed by atoms with van der Waals surface area (Å²) in [5, 5.41) is 2.83. The van der Waals surface area contributed by atoms with E-state index in [4.69, 9.17) is 4.42 Å². The van der Waals surface area contributed by atoms with Crippen LogP contribution in [0.3, 0.4) is 0 Å². The zero-order valence-electron chi connectivity index (χ0n) is 13.4. The van der Waals surface area contributed by atoms with Crippen molar-refractivity contribution in [3.05, 3.63) is 82.7 Å². The molecule has 126 valence electrons. The molecule has 0 aliphatic carbocycles. The van der Waals surface area contributed by atoms with E-state index >= 15 is 0 Å². The highest BCUT2D eigenvalue weighted by Gasteiger charge is 2.21. The molecular formula is C19H15BrN2O3. The van der Waals surface area contributed by atoms with Gasteiger partial charge in [0.1, 0.15) is 0 Å². The van der Waals surface area contributed by atoms with E-state index in [0.717, 1.165) is 0 Å². The maximum Gasteiger partial charge on any atom is 0.293 e. The average molecular weight is 399 g/mol. The van der Waals surface area contributed by atoms with Crippen molar-refractivity contribution in [2.24, 2.45) is 0 Å². The van der Waals surface area contributed by atoms with Crippen molar-refractivity contribution in [3.63, 3.8) is 0 Å². The monoisotopic (exact) mass is 398 g/mol. The Balaban J connectivity index is 1.87. The summed E-state index contributed by atoms with van der Waals surface area (Å²) in [4.78, 5) is 26.6. The molecule has 2 aromatic carbocycles. The Bertz CT molecular complexity index is 906. The zero-order valence-corrected chi connectivity index (χ0v) is 15.0. The van der Waals surface area contributed by atoms with Crippen LogP contribution in [0.15, 0.2) is 75.8 Å². The SMILES string of the molecule is CN(C(=O)c1ccc(Br)o1)c1ccccc1C(=O)Nc1ccccc1. The number of furan rings is 1. The molecule has 1 aromatic heterocycles. The van der Waals surface area contributed by atoms with Crippen LogP contribution in [-0.4, -0.2) is 18.9 Å². The highest BCUT2D eigenvalue weighted by molar-refractivity contribution is 9.10. The molecule has 6 heteroatoms. The number of hydrogen-bond donors (Lipinski definition) is 1. The third-order valence-corrected chi connectivity index (χ3v) is 4.06. The van der Waals surface area contributed by atoms with Gasteiger partial charge in [-0.1, -0.05) is 30.3 Å². The minimum absolute atomic E-state index is 0.188. The van der Waals surface area contributed by atoms with E-state index < -0.39 is 0 Å². The summed E-state index contributed by atoms with van der Waals surface area (Å²) >= 11 is 3.18. The Morgan fingerprint density at radius 3 is 2.32 bits per heavy atom. The van der Waals surface area contributed by atoms with E-state index in [1.54, 1.807) is 55.6 Å². The number of benzene rings is 2. The van der Waals surface area contributed by atoms with Gasteiger partial charge < -0.3 is 14.6 Å². The quantitative estimate of drug-likeness (QED) is 0.699. The second kappa shape index (κ2) is 7.36. The minimum Gasteiger partial charge on any atom is -0.444 e. The molecule has 0 aliphatic heterocycles. The number of anilines is 2. The lowest BCUT2D eigenvalue weighted by atomic mass is 10.1. The predicted octanol–water partition coefficient (Wildman–Crippen LogP) is 4.57. The van der Waals surface area contributed by atoms with Crippen molar-refractivity contribution >= 4 is 39.1 Å². The number of halogens is 1. The maximum atomic E-state index is 12.6. The van der Waals surface area contributed by atoms with Crippen LogP contribution < -0.4 is 10.2 Å². The molecule has 0 atom stereocenters. The van der Waals surface area contributed by atoms with Crippen LogP contribution in [0.2, 0.25) is 0 Å². The largest absolute Gasteiger partial charge is 0.444 e. The van der Waals surface area contributed by atoms with Gasteiger partial charge >= 0.3 is 0 Å². The van der Waals surface area contributed by atoms with E-state index in [2.05, 4.69) is 21.2 Å². The van der Waals surface area contributed by atoms with E-state index in [1.807, 2.05) is 18.2 Å². The number of carbonyl (C=O) groups excluding carboxylic acids is 2. The molecule has 0 saturated carbocycles. The average Bonchev–Trinajstić information content (AvgIpc) is 3.07. The fourth-order valence-electron chi connectivity index (χ4n) is 2.38. The van der Waals surface area contributed by atoms with Crippen LogP contribution >= 0.6 is 15.9 Å². The Kier molecular flexibility index (Phi) is 5.00. The molecule has 5 nitrogen and oxygen atoms in total. The van der Waals surface area contributed by atoms with Gasteiger partial charge in [0, 0.05) is 12.7 Å². The zero-order chi connectivity index (χ0) is 17.8. The van der Waals surface area contributed by atoms with E-state index in [9.17, 15) is 9.59 Å². The first-order valence-corrected chi connectivity index (χ1v) is 8.34. The van der Waals surface area contributed by atoms with Crippen molar-refractivity contribution in [1.82, 2.24) is 0 Å². The summed E-state index contributed by atoms with van der Waals surface area (Å²) in [6.07, 6.45) is 0. The van der Waals surface area contributed by atoms with Crippen molar-refractivity contribution in [2.45, 2.75) is 0 Å². The van der Waals surface area contributed by atoms with Gasteiger partial charge in [-0.2, -0.15) is 0 Å². The van der Waals surface area contributed by atoms with Gasteiger partial charge in [-0.25, -0.2) is 0 Å². The highest BCUT2D eigenvalue weighted by atomic mass is 79.9. The van der Waals surface area contributed by atoms with E-state index in [0.29, 0.717) is 21.6 Å². The molecule has 1 N–H and O–H groups in total. The smallest absolute Gasteiger partial charge is 0.293 e. The standard InChI is InChI=1S/C19H15BrN2O3/c1-22(19(24)16-11-12-17(20)25-16)15-10-6-5-9-14(15)18(23)21-13-7-3-2-4-8-13/h2-12H,1H3,(H,21,23). The fraction of sp³-hybridized carbons (Fsp3) is 0.0526.